The van der Waals surface area contributed by atoms with Crippen LogP contribution in [0.5, 0.6) is 0 Å². The number of rotatable bonds is 8. The van der Waals surface area contributed by atoms with Crippen LogP contribution in [0.15, 0.2) is 18.2 Å². The number of methoxy groups -OCH3 is 1. The van der Waals surface area contributed by atoms with E-state index >= 15 is 0 Å². The zero-order valence-corrected chi connectivity index (χ0v) is 12.5. The Labute approximate surface area is 120 Å². The summed E-state index contributed by atoms with van der Waals surface area (Å²) in [6.07, 6.45) is 1.27. The highest BCUT2D eigenvalue weighted by Crippen LogP contribution is 2.12. The van der Waals surface area contributed by atoms with Crippen molar-refractivity contribution >= 4 is 11.7 Å². The largest absolute Gasteiger partial charge is 0.385 e. The minimum atomic E-state index is -0.0849. The van der Waals surface area contributed by atoms with Crippen molar-refractivity contribution in [2.24, 2.45) is 0 Å². The highest BCUT2D eigenvalue weighted by molar-refractivity contribution is 5.98. The summed E-state index contributed by atoms with van der Waals surface area (Å²) in [5.41, 5.74) is 2.94. The van der Waals surface area contributed by atoms with E-state index in [-0.39, 0.29) is 24.5 Å². The van der Waals surface area contributed by atoms with Crippen LogP contribution in [-0.4, -0.2) is 32.0 Å². The Morgan fingerprint density at radius 1 is 1.15 bits per heavy atom. The smallest absolute Gasteiger partial charge is 0.220 e. The Hall–Kier alpha value is -1.68. The Balaban J connectivity index is 2.35. The topological polar surface area (TPSA) is 55.4 Å². The number of ether oxygens (including phenoxy) is 1. The van der Waals surface area contributed by atoms with E-state index in [1.807, 2.05) is 32.0 Å². The Kier molecular flexibility index (Phi) is 6.94. The fraction of sp³-hybridized carbons (Fsp3) is 0.500. The number of ketones is 1. The number of hydrogen-bond acceptors (Lipinski definition) is 3. The van der Waals surface area contributed by atoms with E-state index in [0.29, 0.717) is 18.7 Å². The van der Waals surface area contributed by atoms with Crippen LogP contribution in [-0.2, 0) is 9.53 Å². The van der Waals surface area contributed by atoms with E-state index in [1.54, 1.807) is 7.11 Å². The third-order valence-electron chi connectivity index (χ3n) is 3.26. The molecule has 110 valence electrons. The second-order valence-corrected chi connectivity index (χ2v) is 4.92. The van der Waals surface area contributed by atoms with Gasteiger partial charge in [-0.15, -0.1) is 0 Å². The van der Waals surface area contributed by atoms with Gasteiger partial charge < -0.3 is 10.1 Å². The maximum absolute atomic E-state index is 12.0. The molecule has 0 heterocycles. The monoisotopic (exact) mass is 277 g/mol. The van der Waals surface area contributed by atoms with Gasteiger partial charge in [0, 0.05) is 38.7 Å². The highest BCUT2D eigenvalue weighted by atomic mass is 16.5. The van der Waals surface area contributed by atoms with Gasteiger partial charge in [-0.3, -0.25) is 9.59 Å². The average molecular weight is 277 g/mol. The molecule has 0 fully saturated rings. The molecule has 0 aliphatic heterocycles. The fourth-order valence-corrected chi connectivity index (χ4v) is 1.82. The molecule has 0 saturated carbocycles. The lowest BCUT2D eigenvalue weighted by molar-refractivity contribution is -0.121. The quantitative estimate of drug-likeness (QED) is 0.586. The molecule has 4 heteroatoms. The highest BCUT2D eigenvalue weighted by Gasteiger charge is 2.09. The number of carbonyl (C=O) groups excluding carboxylic acids is 2. The van der Waals surface area contributed by atoms with Gasteiger partial charge in [0.05, 0.1) is 0 Å². The first-order valence-electron chi connectivity index (χ1n) is 6.90. The lowest BCUT2D eigenvalue weighted by atomic mass is 10.0. The van der Waals surface area contributed by atoms with Gasteiger partial charge in [-0.05, 0) is 37.5 Å². The van der Waals surface area contributed by atoms with Crippen LogP contribution in [0.4, 0.5) is 0 Å². The zero-order chi connectivity index (χ0) is 15.0. The van der Waals surface area contributed by atoms with E-state index in [1.165, 1.54) is 0 Å². The molecule has 0 aromatic heterocycles. The molecule has 0 aliphatic rings. The molecule has 20 heavy (non-hydrogen) atoms. The lowest BCUT2D eigenvalue weighted by Gasteiger charge is -2.06. The lowest BCUT2D eigenvalue weighted by Crippen LogP contribution is -2.25. The summed E-state index contributed by atoms with van der Waals surface area (Å²) in [4.78, 5) is 23.5. The molecule has 0 spiro atoms. The number of carbonyl (C=O) groups is 2. The number of Topliss-reactive ketones (excluding diaryl/α,β-unsaturated/α-hetero) is 1. The Morgan fingerprint density at radius 2 is 1.90 bits per heavy atom. The van der Waals surface area contributed by atoms with Crippen molar-refractivity contribution in [3.8, 4) is 0 Å². The van der Waals surface area contributed by atoms with Crippen LogP contribution in [0.1, 0.15) is 40.7 Å². The SMILES string of the molecule is COCCCNC(=O)CCC(=O)c1ccc(C)c(C)c1. The molecule has 0 radical (unpaired) electrons. The van der Waals surface area contributed by atoms with Crippen LogP contribution in [0.25, 0.3) is 0 Å². The third kappa shape index (κ3) is 5.53. The van der Waals surface area contributed by atoms with E-state index < -0.39 is 0 Å². The van der Waals surface area contributed by atoms with Crippen molar-refractivity contribution in [2.75, 3.05) is 20.3 Å². The van der Waals surface area contributed by atoms with Gasteiger partial charge in [0.15, 0.2) is 5.78 Å². The van der Waals surface area contributed by atoms with Gasteiger partial charge in [0.1, 0.15) is 0 Å². The van der Waals surface area contributed by atoms with Crippen LogP contribution in [0.3, 0.4) is 0 Å². The van der Waals surface area contributed by atoms with E-state index in [9.17, 15) is 9.59 Å². The van der Waals surface area contributed by atoms with Crippen LogP contribution in [0, 0.1) is 13.8 Å². The number of hydrogen-bond donors (Lipinski definition) is 1. The molecule has 1 N–H and O–H groups in total. The van der Waals surface area contributed by atoms with Gasteiger partial charge in [-0.1, -0.05) is 12.1 Å². The summed E-state index contributed by atoms with van der Waals surface area (Å²) in [7, 11) is 1.63. The molecule has 1 rings (SSSR count). The maximum Gasteiger partial charge on any atom is 0.220 e. The third-order valence-corrected chi connectivity index (χ3v) is 3.26. The first kappa shape index (κ1) is 16.4. The molecule has 0 atom stereocenters. The van der Waals surface area contributed by atoms with Crippen molar-refractivity contribution < 1.29 is 14.3 Å². The molecule has 1 aromatic rings. The summed E-state index contributed by atoms with van der Waals surface area (Å²) < 4.78 is 4.90. The number of benzene rings is 1. The maximum atomic E-state index is 12.0. The fourth-order valence-electron chi connectivity index (χ4n) is 1.82. The van der Waals surface area contributed by atoms with Gasteiger partial charge in [0.2, 0.25) is 5.91 Å². The summed E-state index contributed by atoms with van der Waals surface area (Å²) in [5, 5.41) is 2.77. The number of aryl methyl sites for hydroxylation is 2. The standard InChI is InChI=1S/C16H23NO3/c1-12-5-6-14(11-13(12)2)15(18)7-8-16(19)17-9-4-10-20-3/h5-6,11H,4,7-10H2,1-3H3,(H,17,19). The summed E-state index contributed by atoms with van der Waals surface area (Å²) >= 11 is 0. The number of nitrogens with one attached hydrogen (secondary N) is 1. The van der Waals surface area contributed by atoms with Crippen molar-refractivity contribution in [1.29, 1.82) is 0 Å². The predicted octanol–water partition coefficient (Wildman–Crippen LogP) is 2.42. The second-order valence-electron chi connectivity index (χ2n) is 4.92. The molecule has 0 saturated heterocycles. The van der Waals surface area contributed by atoms with Crippen molar-refractivity contribution in [1.82, 2.24) is 5.32 Å². The van der Waals surface area contributed by atoms with Gasteiger partial charge >= 0.3 is 0 Å². The van der Waals surface area contributed by atoms with Crippen LogP contribution >= 0.6 is 0 Å². The number of amides is 1. The molecule has 0 unspecified atom stereocenters. The summed E-state index contributed by atoms with van der Waals surface area (Å²) in [6, 6.07) is 5.64. The second kappa shape index (κ2) is 8.48. The molecule has 1 aromatic carbocycles. The van der Waals surface area contributed by atoms with Crippen molar-refractivity contribution in [3.63, 3.8) is 0 Å². The first-order valence-corrected chi connectivity index (χ1v) is 6.90. The summed E-state index contributed by atoms with van der Waals surface area (Å²) in [6.45, 7) is 5.21. The minimum Gasteiger partial charge on any atom is -0.385 e. The molecule has 1 amide bonds. The van der Waals surface area contributed by atoms with E-state index in [0.717, 1.165) is 17.5 Å². The molecule has 0 aliphatic carbocycles. The molecular formula is C16H23NO3. The van der Waals surface area contributed by atoms with Crippen molar-refractivity contribution in [2.45, 2.75) is 33.1 Å². The zero-order valence-electron chi connectivity index (χ0n) is 12.5. The molecular weight excluding hydrogens is 254 g/mol. The van der Waals surface area contributed by atoms with Crippen LogP contribution in [0.2, 0.25) is 0 Å². The normalized spacial score (nSPS) is 10.3. The predicted molar refractivity (Wildman–Crippen MR) is 79.0 cm³/mol. The van der Waals surface area contributed by atoms with Gasteiger partial charge in [-0.2, -0.15) is 0 Å². The molecule has 4 nitrogen and oxygen atoms in total. The van der Waals surface area contributed by atoms with Gasteiger partial charge in [-0.25, -0.2) is 0 Å². The Morgan fingerprint density at radius 3 is 2.55 bits per heavy atom. The molecule has 0 bridgehead atoms. The first-order chi connectivity index (χ1) is 9.54. The Bertz CT molecular complexity index is 469. The summed E-state index contributed by atoms with van der Waals surface area (Å²) in [5.74, 6) is -0.0709. The minimum absolute atomic E-state index is 0.0140. The van der Waals surface area contributed by atoms with E-state index in [2.05, 4.69) is 5.32 Å². The van der Waals surface area contributed by atoms with Crippen LogP contribution < -0.4 is 5.32 Å². The average Bonchev–Trinajstić information content (AvgIpc) is 2.44. The van der Waals surface area contributed by atoms with Crippen molar-refractivity contribution in [3.05, 3.63) is 34.9 Å². The van der Waals surface area contributed by atoms with E-state index in [4.69, 9.17) is 4.74 Å². The van der Waals surface area contributed by atoms with Gasteiger partial charge in [0.25, 0.3) is 0 Å².